The van der Waals surface area contributed by atoms with Crippen molar-refractivity contribution in [2.45, 2.75) is 0 Å². The molecule has 0 saturated heterocycles. The number of rotatable bonds is 3. The first-order valence-corrected chi connectivity index (χ1v) is 4.11. The third kappa shape index (κ3) is 2.29. The molecular weight excluding hydrogens is 210 g/mol. The predicted octanol–water partition coefficient (Wildman–Crippen LogP) is 1.34. The number of benzene rings is 1. The molecule has 1 aromatic rings. The summed E-state index contributed by atoms with van der Waals surface area (Å²) in [4.78, 5) is 0. The van der Waals surface area contributed by atoms with E-state index in [1.165, 1.54) is 14.2 Å². The molecule has 1 rings (SSSR count). The summed E-state index contributed by atoms with van der Waals surface area (Å²) in [6.45, 7) is -5.09. The Morgan fingerprint density at radius 3 is 2.13 bits per heavy atom. The predicted molar refractivity (Wildman–Crippen MR) is 52.7 cm³/mol. The van der Waals surface area contributed by atoms with Crippen LogP contribution in [0, 0.1) is 0 Å². The van der Waals surface area contributed by atoms with Crippen LogP contribution in [0.5, 0.6) is 11.5 Å². The van der Waals surface area contributed by atoms with Crippen LogP contribution in [-0.2, 0) is 0 Å². The summed E-state index contributed by atoms with van der Waals surface area (Å²) in [5.41, 5.74) is 4.52. The molecule has 7 heteroatoms. The quantitative estimate of drug-likeness (QED) is 0.617. The Labute approximate surface area is 85.0 Å². The van der Waals surface area contributed by atoms with Crippen LogP contribution in [-0.4, -0.2) is 21.2 Å². The third-order valence-electron chi connectivity index (χ3n) is 1.91. The molecule has 0 radical (unpaired) electrons. The summed E-state index contributed by atoms with van der Waals surface area (Å²) in [5.74, 6) is 0.0907. The summed E-state index contributed by atoms with van der Waals surface area (Å²) >= 11 is 0. The number of hydrogen-bond donors (Lipinski definition) is 1. The maximum absolute atomic E-state index is 12.4. The van der Waals surface area contributed by atoms with Gasteiger partial charge in [-0.05, 0) is 6.07 Å². The van der Waals surface area contributed by atoms with E-state index in [1.54, 1.807) is 0 Å². The number of hydrogen-bond acceptors (Lipinski definition) is 3. The minimum absolute atomic E-state index is 0.0216. The van der Waals surface area contributed by atoms with Crippen molar-refractivity contribution >= 4 is 18.1 Å². The molecule has 0 fully saturated rings. The highest BCUT2D eigenvalue weighted by Gasteiger charge is 2.27. The molecule has 0 unspecified atom stereocenters. The van der Waals surface area contributed by atoms with E-state index in [0.717, 1.165) is 12.1 Å². The zero-order valence-corrected chi connectivity index (χ0v) is 8.26. The lowest BCUT2D eigenvalue weighted by atomic mass is 9.79. The van der Waals surface area contributed by atoms with Gasteiger partial charge in [-0.15, -0.1) is 5.46 Å². The van der Waals surface area contributed by atoms with Crippen LogP contribution < -0.4 is 20.7 Å². The summed E-state index contributed by atoms with van der Waals surface area (Å²) in [7, 11) is 2.57. The van der Waals surface area contributed by atoms with Gasteiger partial charge in [0, 0.05) is 0 Å². The normalized spacial score (nSPS) is 11.3. The Hall–Kier alpha value is -1.53. The first-order valence-electron chi connectivity index (χ1n) is 4.11. The standard InChI is InChI=1S/C8H10BF3NO2/c1-14-7-4-5(9(10,11)12)3-6(13)8(7)15-2/h3-4H,13H2,1-2H3/q-1. The van der Waals surface area contributed by atoms with Crippen molar-refractivity contribution in [1.29, 1.82) is 0 Å². The van der Waals surface area contributed by atoms with Crippen molar-refractivity contribution in [3.05, 3.63) is 12.1 Å². The topological polar surface area (TPSA) is 44.5 Å². The zero-order chi connectivity index (χ0) is 11.6. The fraction of sp³-hybridized carbons (Fsp3) is 0.250. The van der Waals surface area contributed by atoms with Crippen LogP contribution in [0.4, 0.5) is 18.6 Å². The molecule has 0 saturated carbocycles. The number of ether oxygens (including phenoxy) is 2. The molecule has 0 amide bonds. The molecule has 15 heavy (non-hydrogen) atoms. The van der Waals surface area contributed by atoms with Crippen LogP contribution in [0.2, 0.25) is 0 Å². The first-order chi connectivity index (χ1) is 6.90. The molecular formula is C8H10BF3NO2-. The van der Waals surface area contributed by atoms with Gasteiger partial charge in [-0.3, -0.25) is 0 Å². The number of nitrogens with two attached hydrogens (primary N) is 1. The smallest absolute Gasteiger partial charge is 0.493 e. The van der Waals surface area contributed by atoms with Crippen molar-refractivity contribution in [3.63, 3.8) is 0 Å². The molecule has 1 aromatic carbocycles. The minimum Gasteiger partial charge on any atom is -0.493 e. The summed E-state index contributed by atoms with van der Waals surface area (Å²) in [5, 5.41) is 0. The molecule has 0 aliphatic carbocycles. The van der Waals surface area contributed by atoms with Gasteiger partial charge in [0.1, 0.15) is 0 Å². The van der Waals surface area contributed by atoms with E-state index in [0.29, 0.717) is 0 Å². The van der Waals surface area contributed by atoms with Crippen LogP contribution in [0.15, 0.2) is 12.1 Å². The van der Waals surface area contributed by atoms with Gasteiger partial charge in [0.2, 0.25) is 0 Å². The van der Waals surface area contributed by atoms with Gasteiger partial charge in [0.05, 0.1) is 19.9 Å². The minimum atomic E-state index is -5.09. The number of nitrogen functional groups attached to an aromatic ring is 1. The molecule has 84 valence electrons. The van der Waals surface area contributed by atoms with Crippen molar-refractivity contribution in [1.82, 2.24) is 0 Å². The van der Waals surface area contributed by atoms with E-state index in [4.69, 9.17) is 15.2 Å². The molecule has 0 atom stereocenters. The second kappa shape index (κ2) is 3.92. The third-order valence-corrected chi connectivity index (χ3v) is 1.91. The maximum atomic E-state index is 12.4. The summed E-state index contributed by atoms with van der Waals surface area (Å²) in [6.07, 6.45) is 0. The Morgan fingerprint density at radius 2 is 1.73 bits per heavy atom. The molecule has 0 spiro atoms. The molecule has 0 heterocycles. The van der Waals surface area contributed by atoms with Gasteiger partial charge in [-0.1, -0.05) is 6.07 Å². The second-order valence-corrected chi connectivity index (χ2v) is 2.92. The fourth-order valence-electron chi connectivity index (χ4n) is 1.21. The van der Waals surface area contributed by atoms with E-state index in [-0.39, 0.29) is 17.2 Å². The average Bonchev–Trinajstić information content (AvgIpc) is 2.15. The number of anilines is 1. The maximum Gasteiger partial charge on any atom is 0.509 e. The van der Waals surface area contributed by atoms with Crippen molar-refractivity contribution in [2.75, 3.05) is 20.0 Å². The molecule has 0 aliphatic rings. The van der Waals surface area contributed by atoms with Crippen LogP contribution >= 0.6 is 0 Å². The van der Waals surface area contributed by atoms with Crippen molar-refractivity contribution in [3.8, 4) is 11.5 Å². The Kier molecular flexibility index (Phi) is 3.02. The molecule has 0 aliphatic heterocycles. The Balaban J connectivity index is 3.32. The highest BCUT2D eigenvalue weighted by atomic mass is 19.4. The van der Waals surface area contributed by atoms with Gasteiger partial charge >= 0.3 is 6.98 Å². The lowest BCUT2D eigenvalue weighted by Crippen LogP contribution is -2.34. The van der Waals surface area contributed by atoms with Crippen LogP contribution in [0.3, 0.4) is 0 Å². The van der Waals surface area contributed by atoms with Gasteiger partial charge in [-0.2, -0.15) is 0 Å². The monoisotopic (exact) mass is 220 g/mol. The van der Waals surface area contributed by atoms with E-state index in [1.807, 2.05) is 0 Å². The first kappa shape index (κ1) is 11.5. The van der Waals surface area contributed by atoms with E-state index >= 15 is 0 Å². The van der Waals surface area contributed by atoms with Crippen molar-refractivity contribution in [2.24, 2.45) is 0 Å². The van der Waals surface area contributed by atoms with E-state index < -0.39 is 12.4 Å². The Bertz CT molecular complexity index is 368. The van der Waals surface area contributed by atoms with Gasteiger partial charge in [0.15, 0.2) is 11.5 Å². The van der Waals surface area contributed by atoms with Gasteiger partial charge in [0.25, 0.3) is 0 Å². The highest BCUT2D eigenvalue weighted by molar-refractivity contribution is 6.73. The molecule has 0 aromatic heterocycles. The van der Waals surface area contributed by atoms with Crippen molar-refractivity contribution < 1.29 is 22.4 Å². The second-order valence-electron chi connectivity index (χ2n) is 2.92. The van der Waals surface area contributed by atoms with E-state index in [9.17, 15) is 12.9 Å². The van der Waals surface area contributed by atoms with Gasteiger partial charge in [-0.25, -0.2) is 0 Å². The Morgan fingerprint density at radius 1 is 1.13 bits per heavy atom. The largest absolute Gasteiger partial charge is 0.509 e. The molecule has 3 nitrogen and oxygen atoms in total. The fourth-order valence-corrected chi connectivity index (χ4v) is 1.21. The lowest BCUT2D eigenvalue weighted by Gasteiger charge is -2.18. The summed E-state index contributed by atoms with van der Waals surface area (Å²) in [6, 6.07) is 1.70. The SMILES string of the molecule is COc1cc([B-](F)(F)F)cc(N)c1OC. The van der Waals surface area contributed by atoms with E-state index in [2.05, 4.69) is 0 Å². The highest BCUT2D eigenvalue weighted by Crippen LogP contribution is 2.32. The molecule has 2 N–H and O–H groups in total. The zero-order valence-electron chi connectivity index (χ0n) is 8.26. The number of halogens is 3. The lowest BCUT2D eigenvalue weighted by molar-refractivity contribution is 0.356. The molecule has 0 bridgehead atoms. The number of methoxy groups -OCH3 is 2. The van der Waals surface area contributed by atoms with Crippen LogP contribution in [0.1, 0.15) is 0 Å². The van der Waals surface area contributed by atoms with Crippen LogP contribution in [0.25, 0.3) is 0 Å². The summed E-state index contributed by atoms with van der Waals surface area (Å²) < 4.78 is 46.9. The average molecular weight is 220 g/mol. The van der Waals surface area contributed by atoms with Gasteiger partial charge < -0.3 is 28.2 Å².